The normalized spacial score (nSPS) is 16.7. The average Bonchev–Trinajstić information content (AvgIpc) is 3.27. The predicted octanol–water partition coefficient (Wildman–Crippen LogP) is 2.06. The molecular formula is C20H19F3N6O3. The Labute approximate surface area is 180 Å². The Morgan fingerprint density at radius 1 is 1.19 bits per heavy atom. The van der Waals surface area contributed by atoms with Crippen molar-refractivity contribution < 1.29 is 27.4 Å². The van der Waals surface area contributed by atoms with Crippen LogP contribution in [0.1, 0.15) is 5.56 Å². The van der Waals surface area contributed by atoms with Crippen LogP contribution in [-0.2, 0) is 22.3 Å². The van der Waals surface area contributed by atoms with E-state index in [0.717, 1.165) is 17.7 Å². The number of amides is 1. The lowest BCUT2D eigenvalue weighted by Gasteiger charge is -2.32. The molecule has 1 fully saturated rings. The molecule has 9 nitrogen and oxygen atoms in total. The first-order valence-electron chi connectivity index (χ1n) is 9.77. The largest absolute Gasteiger partial charge is 0.475 e. The lowest BCUT2D eigenvalue weighted by atomic mass is 10.2. The summed E-state index contributed by atoms with van der Waals surface area (Å²) < 4.78 is 48.8. The topological polar surface area (TPSA) is 95.3 Å². The molecular weight excluding hydrogens is 429 g/mol. The van der Waals surface area contributed by atoms with Gasteiger partial charge in [-0.15, -0.1) is 10.2 Å². The van der Waals surface area contributed by atoms with E-state index in [4.69, 9.17) is 9.47 Å². The molecule has 0 spiro atoms. The summed E-state index contributed by atoms with van der Waals surface area (Å²) in [6.45, 7) is 0.934. The van der Waals surface area contributed by atoms with Gasteiger partial charge in [-0.25, -0.2) is 4.98 Å². The van der Waals surface area contributed by atoms with Crippen molar-refractivity contribution in [3.8, 4) is 17.3 Å². The van der Waals surface area contributed by atoms with Gasteiger partial charge < -0.3 is 14.4 Å². The summed E-state index contributed by atoms with van der Waals surface area (Å²) >= 11 is 0. The third-order valence-electron chi connectivity index (χ3n) is 4.73. The van der Waals surface area contributed by atoms with Gasteiger partial charge in [-0.1, -0.05) is 30.3 Å². The van der Waals surface area contributed by atoms with Crippen molar-refractivity contribution in [3.05, 3.63) is 54.2 Å². The number of benzene rings is 1. The van der Waals surface area contributed by atoms with Crippen LogP contribution in [0.25, 0.3) is 11.4 Å². The number of ether oxygens (including phenoxy) is 2. The number of hydrogen-bond donors (Lipinski definition) is 0. The fourth-order valence-corrected chi connectivity index (χ4v) is 3.09. The van der Waals surface area contributed by atoms with E-state index in [2.05, 4.69) is 20.4 Å². The van der Waals surface area contributed by atoms with Crippen LogP contribution >= 0.6 is 0 Å². The molecule has 1 saturated heterocycles. The molecule has 0 aliphatic carbocycles. The molecule has 0 N–H and O–H groups in total. The Morgan fingerprint density at radius 2 is 2.00 bits per heavy atom. The van der Waals surface area contributed by atoms with E-state index >= 15 is 0 Å². The van der Waals surface area contributed by atoms with Crippen LogP contribution in [0.3, 0.4) is 0 Å². The molecule has 168 valence electrons. The van der Waals surface area contributed by atoms with Crippen molar-refractivity contribution in [2.45, 2.75) is 18.8 Å². The Bertz CT molecular complexity index is 1040. The van der Waals surface area contributed by atoms with Crippen molar-refractivity contribution in [1.29, 1.82) is 0 Å². The second-order valence-electron chi connectivity index (χ2n) is 7.04. The molecule has 12 heteroatoms. The summed E-state index contributed by atoms with van der Waals surface area (Å²) in [6, 6.07) is 11.3. The average molecular weight is 448 g/mol. The van der Waals surface area contributed by atoms with Gasteiger partial charge in [0.25, 0.3) is 0 Å². The fourth-order valence-electron chi connectivity index (χ4n) is 3.09. The van der Waals surface area contributed by atoms with Gasteiger partial charge in [-0.05, 0) is 11.3 Å². The maximum absolute atomic E-state index is 12.6. The Morgan fingerprint density at radius 3 is 2.72 bits per heavy atom. The minimum Gasteiger partial charge on any atom is -0.475 e. The zero-order chi connectivity index (χ0) is 22.6. The molecule has 3 heterocycles. The molecule has 0 saturated carbocycles. The second kappa shape index (κ2) is 9.30. The van der Waals surface area contributed by atoms with Crippen LogP contribution in [-0.4, -0.2) is 68.4 Å². The highest BCUT2D eigenvalue weighted by atomic mass is 19.4. The third-order valence-corrected chi connectivity index (χ3v) is 4.73. The quantitative estimate of drug-likeness (QED) is 0.570. The number of aromatic nitrogens is 5. The number of carbonyl (C=O) groups is 1. The summed E-state index contributed by atoms with van der Waals surface area (Å²) in [5, 5.41) is 12.1. The first-order valence-corrected chi connectivity index (χ1v) is 9.77. The highest BCUT2D eigenvalue weighted by molar-refractivity contribution is 5.76. The highest BCUT2D eigenvalue weighted by Crippen LogP contribution is 2.29. The maximum Gasteiger partial charge on any atom is 0.417 e. The van der Waals surface area contributed by atoms with Crippen LogP contribution in [0.15, 0.2) is 48.7 Å². The van der Waals surface area contributed by atoms with E-state index in [0.29, 0.717) is 25.2 Å². The molecule has 32 heavy (non-hydrogen) atoms. The number of nitrogens with zero attached hydrogens (tertiary/aromatic N) is 6. The molecule has 3 aromatic rings. The number of halogens is 3. The first-order chi connectivity index (χ1) is 15.4. The van der Waals surface area contributed by atoms with Gasteiger partial charge in [0, 0.05) is 24.4 Å². The summed E-state index contributed by atoms with van der Waals surface area (Å²) in [7, 11) is 0. The molecule has 1 unspecified atom stereocenters. The molecule has 4 rings (SSSR count). The van der Waals surface area contributed by atoms with Gasteiger partial charge in [0.15, 0.2) is 0 Å². The zero-order valence-electron chi connectivity index (χ0n) is 16.8. The standard InChI is InChI=1S/C20H19F3N6O3/c21-20(22,23)15-6-7-17(24-10-15)32-13-16-11-28(8-9-31-16)18(30)12-29-26-19(25-27-29)14-4-2-1-3-5-14/h1-7,10,16H,8-9,11-13H2. The highest BCUT2D eigenvalue weighted by Gasteiger charge is 2.31. The van der Waals surface area contributed by atoms with Crippen LogP contribution in [0, 0.1) is 0 Å². The molecule has 0 radical (unpaired) electrons. The van der Waals surface area contributed by atoms with Crippen LogP contribution < -0.4 is 4.74 Å². The summed E-state index contributed by atoms with van der Waals surface area (Å²) in [4.78, 5) is 19.1. The third kappa shape index (κ3) is 5.38. The van der Waals surface area contributed by atoms with Gasteiger partial charge in [-0.2, -0.15) is 18.0 Å². The van der Waals surface area contributed by atoms with Crippen LogP contribution in [0.5, 0.6) is 5.88 Å². The van der Waals surface area contributed by atoms with Gasteiger partial charge in [0.1, 0.15) is 19.3 Å². The number of rotatable bonds is 6. The Balaban J connectivity index is 1.29. The number of hydrogen-bond acceptors (Lipinski definition) is 7. The lowest BCUT2D eigenvalue weighted by Crippen LogP contribution is -2.48. The number of morpholine rings is 1. The summed E-state index contributed by atoms with van der Waals surface area (Å²) in [6.07, 6.45) is -4.19. The lowest BCUT2D eigenvalue weighted by molar-refractivity contribution is -0.141. The van der Waals surface area contributed by atoms with Gasteiger partial charge in [-0.3, -0.25) is 4.79 Å². The number of alkyl halides is 3. The zero-order valence-corrected chi connectivity index (χ0v) is 16.8. The van der Waals surface area contributed by atoms with Crippen molar-refractivity contribution >= 4 is 5.91 Å². The molecule has 1 aliphatic rings. The fraction of sp³-hybridized carbons (Fsp3) is 0.350. The summed E-state index contributed by atoms with van der Waals surface area (Å²) in [5.41, 5.74) is -0.0562. The van der Waals surface area contributed by atoms with E-state index in [1.165, 1.54) is 4.80 Å². The van der Waals surface area contributed by atoms with Crippen molar-refractivity contribution in [3.63, 3.8) is 0 Å². The molecule has 1 aliphatic heterocycles. The van der Waals surface area contributed by atoms with Gasteiger partial charge in [0.05, 0.1) is 18.7 Å². The molecule has 1 amide bonds. The first kappa shape index (κ1) is 21.7. The minimum atomic E-state index is -4.46. The van der Waals surface area contributed by atoms with Crippen LogP contribution in [0.4, 0.5) is 13.2 Å². The Kier molecular flexibility index (Phi) is 6.30. The van der Waals surface area contributed by atoms with E-state index in [1.807, 2.05) is 30.3 Å². The number of pyridine rings is 1. The molecule has 2 aromatic heterocycles. The monoisotopic (exact) mass is 448 g/mol. The van der Waals surface area contributed by atoms with E-state index in [-0.39, 0.29) is 31.5 Å². The smallest absolute Gasteiger partial charge is 0.417 e. The SMILES string of the molecule is O=C(Cn1nnc(-c2ccccc2)n1)N1CCOC(COc2ccc(C(F)(F)F)cn2)C1. The van der Waals surface area contributed by atoms with Gasteiger partial charge >= 0.3 is 6.18 Å². The molecule has 1 atom stereocenters. The molecule has 1 aromatic carbocycles. The molecule has 0 bridgehead atoms. The summed E-state index contributed by atoms with van der Waals surface area (Å²) in [5.74, 6) is 0.268. The minimum absolute atomic E-state index is 0.0435. The van der Waals surface area contributed by atoms with Crippen molar-refractivity contribution in [2.75, 3.05) is 26.3 Å². The van der Waals surface area contributed by atoms with Gasteiger partial charge in [0.2, 0.25) is 17.6 Å². The number of tetrazole rings is 1. The van der Waals surface area contributed by atoms with E-state index < -0.39 is 17.8 Å². The van der Waals surface area contributed by atoms with Crippen molar-refractivity contribution in [1.82, 2.24) is 30.1 Å². The number of carbonyl (C=O) groups excluding carboxylic acids is 1. The maximum atomic E-state index is 12.6. The predicted molar refractivity (Wildman–Crippen MR) is 104 cm³/mol. The Hall–Kier alpha value is -3.54. The van der Waals surface area contributed by atoms with Crippen LogP contribution in [0.2, 0.25) is 0 Å². The van der Waals surface area contributed by atoms with E-state index in [1.54, 1.807) is 4.90 Å². The van der Waals surface area contributed by atoms with E-state index in [9.17, 15) is 18.0 Å². The van der Waals surface area contributed by atoms with Crippen molar-refractivity contribution in [2.24, 2.45) is 0 Å². The second-order valence-corrected chi connectivity index (χ2v) is 7.04.